The van der Waals surface area contributed by atoms with Gasteiger partial charge in [0.05, 0.1) is 15.7 Å². The quantitative estimate of drug-likeness (QED) is 0.175. The third-order valence-corrected chi connectivity index (χ3v) is 9.98. The van der Waals surface area contributed by atoms with E-state index < -0.39 is 22.0 Å². The van der Waals surface area contributed by atoms with Crippen molar-refractivity contribution in [2.45, 2.75) is 42.1 Å². The number of ether oxygens (including phenoxy) is 1. The van der Waals surface area contributed by atoms with Gasteiger partial charge < -0.3 is 4.74 Å². The monoisotopic (exact) mass is 570 g/mol. The summed E-state index contributed by atoms with van der Waals surface area (Å²) in [7, 11) is -3.42. The zero-order valence-electron chi connectivity index (χ0n) is 22.3. The van der Waals surface area contributed by atoms with Crippen molar-refractivity contribution in [3.05, 3.63) is 138 Å². The molecule has 1 aromatic heterocycles. The Hall–Kier alpha value is -4.30. The Labute approximate surface area is 238 Å². The first-order valence-corrected chi connectivity index (χ1v) is 14.9. The summed E-state index contributed by atoms with van der Waals surface area (Å²) in [6, 6.07) is 34.1. The number of nitrogens with zero attached hydrogens (tertiary/aromatic N) is 2. The van der Waals surface area contributed by atoms with Gasteiger partial charge in [-0.2, -0.15) is 8.78 Å². The number of aromatic nitrogens is 2. The first kappa shape index (κ1) is 26.9. The van der Waals surface area contributed by atoms with Crippen molar-refractivity contribution in [2.24, 2.45) is 0 Å². The molecule has 6 rings (SSSR count). The molecule has 0 radical (unpaired) electrons. The Morgan fingerprint density at radius 1 is 0.829 bits per heavy atom. The number of alkyl halides is 2. The maximum atomic E-state index is 13.7. The fraction of sp³-hybridized carbons (Fsp3) is 0.182. The van der Waals surface area contributed by atoms with Crippen molar-refractivity contribution in [3.8, 4) is 17.0 Å². The largest absolute Gasteiger partial charge is 0.415 e. The van der Waals surface area contributed by atoms with Crippen LogP contribution < -0.4 is 4.74 Å². The van der Waals surface area contributed by atoms with E-state index in [0.29, 0.717) is 29.5 Å². The Balaban J connectivity index is 1.61. The van der Waals surface area contributed by atoms with Crippen molar-refractivity contribution in [1.82, 2.24) is 9.78 Å². The minimum Gasteiger partial charge on any atom is -0.415 e. The first-order valence-electron chi connectivity index (χ1n) is 13.4. The van der Waals surface area contributed by atoms with Crippen LogP contribution in [-0.2, 0) is 15.4 Å². The van der Waals surface area contributed by atoms with Crippen LogP contribution in [0, 0.1) is 6.92 Å². The molecular weight excluding hydrogens is 542 g/mol. The van der Waals surface area contributed by atoms with Crippen LogP contribution in [0.5, 0.6) is 5.88 Å². The van der Waals surface area contributed by atoms with Gasteiger partial charge in [0.15, 0.2) is 9.84 Å². The maximum absolute atomic E-state index is 13.7. The number of hydrogen-bond acceptors (Lipinski definition) is 4. The van der Waals surface area contributed by atoms with E-state index in [9.17, 15) is 17.2 Å². The van der Waals surface area contributed by atoms with Gasteiger partial charge in [-0.25, -0.2) is 13.1 Å². The molecule has 0 amide bonds. The van der Waals surface area contributed by atoms with Gasteiger partial charge in [0, 0.05) is 6.20 Å². The molecule has 0 unspecified atom stereocenters. The third-order valence-electron chi connectivity index (χ3n) is 7.56. The van der Waals surface area contributed by atoms with Crippen LogP contribution >= 0.6 is 0 Å². The molecule has 41 heavy (non-hydrogen) atoms. The smallest absolute Gasteiger partial charge is 0.388 e. The van der Waals surface area contributed by atoms with E-state index >= 15 is 0 Å². The molecule has 1 aliphatic rings. The molecule has 0 aliphatic heterocycles. The minimum absolute atomic E-state index is 0.246. The molecule has 1 heterocycles. The minimum atomic E-state index is -3.42. The second-order valence-electron chi connectivity index (χ2n) is 10.2. The van der Waals surface area contributed by atoms with Crippen LogP contribution in [0.3, 0.4) is 0 Å². The summed E-state index contributed by atoms with van der Waals surface area (Å²) < 4.78 is 60.0. The molecule has 5 nitrogen and oxygen atoms in total. The molecule has 0 spiro atoms. The van der Waals surface area contributed by atoms with Gasteiger partial charge in [-0.3, -0.25) is 0 Å². The number of sulfone groups is 1. The average molecular weight is 571 g/mol. The summed E-state index contributed by atoms with van der Waals surface area (Å²) in [5, 5.41) is 4.31. The van der Waals surface area contributed by atoms with E-state index in [2.05, 4.69) is 5.10 Å². The first-order chi connectivity index (χ1) is 19.8. The highest BCUT2D eigenvalue weighted by molar-refractivity contribution is 7.92. The Morgan fingerprint density at radius 3 is 1.78 bits per heavy atom. The molecule has 0 bridgehead atoms. The van der Waals surface area contributed by atoms with Crippen LogP contribution in [0.1, 0.15) is 35.1 Å². The number of hydrogen-bond donors (Lipinski definition) is 0. The van der Waals surface area contributed by atoms with Crippen LogP contribution in [0.15, 0.2) is 120 Å². The molecule has 1 fully saturated rings. The summed E-state index contributed by atoms with van der Waals surface area (Å²) in [6.45, 7) is -1.38. The van der Waals surface area contributed by atoms with Crippen LogP contribution in [0.4, 0.5) is 8.78 Å². The van der Waals surface area contributed by atoms with Crippen molar-refractivity contribution in [1.29, 1.82) is 0 Å². The fourth-order valence-electron chi connectivity index (χ4n) is 5.53. The predicted octanol–water partition coefficient (Wildman–Crippen LogP) is 7.24. The van der Waals surface area contributed by atoms with Crippen LogP contribution in [-0.4, -0.2) is 30.1 Å². The standard InChI is InChI=1S/C33H28F2N2O3S/c1-23-21-24(17-20-30(23)41(38,39)28-18-19-28)29-22-37(36-31(29)40-32(34)35)33(25-11-5-2-6-12-25,26-13-7-3-8-14-26)27-15-9-4-10-16-27/h2-17,20-22,28,32H,18-19H2,1H3. The molecule has 8 heteroatoms. The number of benzene rings is 4. The zero-order valence-corrected chi connectivity index (χ0v) is 23.1. The van der Waals surface area contributed by atoms with Gasteiger partial charge in [0.1, 0.15) is 5.54 Å². The summed E-state index contributed by atoms with van der Waals surface area (Å²) in [4.78, 5) is 0.264. The predicted molar refractivity (Wildman–Crippen MR) is 154 cm³/mol. The summed E-state index contributed by atoms with van der Waals surface area (Å²) in [5.41, 5.74) is 2.99. The van der Waals surface area contributed by atoms with Gasteiger partial charge in [0.25, 0.3) is 0 Å². The van der Waals surface area contributed by atoms with Crippen molar-refractivity contribution in [3.63, 3.8) is 0 Å². The van der Waals surface area contributed by atoms with Crippen molar-refractivity contribution in [2.75, 3.05) is 0 Å². The molecule has 0 atom stereocenters. The van der Waals surface area contributed by atoms with E-state index in [1.807, 2.05) is 91.0 Å². The lowest BCUT2D eigenvalue weighted by molar-refractivity contribution is -0.0529. The van der Waals surface area contributed by atoms with Gasteiger partial charge in [-0.1, -0.05) is 97.1 Å². The average Bonchev–Trinajstić information content (AvgIpc) is 3.77. The molecule has 0 N–H and O–H groups in total. The van der Waals surface area contributed by atoms with E-state index in [0.717, 1.165) is 16.7 Å². The lowest BCUT2D eigenvalue weighted by Gasteiger charge is -2.36. The maximum Gasteiger partial charge on any atom is 0.388 e. The lowest BCUT2D eigenvalue weighted by Crippen LogP contribution is -2.38. The summed E-state index contributed by atoms with van der Waals surface area (Å²) in [6.07, 6.45) is 3.01. The highest BCUT2D eigenvalue weighted by atomic mass is 32.2. The summed E-state index contributed by atoms with van der Waals surface area (Å²) in [5.74, 6) is -0.246. The van der Waals surface area contributed by atoms with Gasteiger partial charge in [-0.15, -0.1) is 5.10 Å². The number of rotatable bonds is 9. The molecular formula is C33H28F2N2O3S. The van der Waals surface area contributed by atoms with E-state index in [-0.39, 0.29) is 16.0 Å². The molecule has 4 aromatic carbocycles. The molecule has 0 saturated heterocycles. The Bertz CT molecular complexity index is 1670. The second-order valence-corrected chi connectivity index (χ2v) is 12.4. The SMILES string of the molecule is Cc1cc(-c2cn(C(c3ccccc3)(c3ccccc3)c3ccccc3)nc2OC(F)F)ccc1S(=O)(=O)C1CC1. The third kappa shape index (κ3) is 4.82. The molecule has 1 saturated carbocycles. The Kier molecular flexibility index (Phi) is 6.95. The Morgan fingerprint density at radius 2 is 1.34 bits per heavy atom. The normalized spacial score (nSPS) is 13.9. The van der Waals surface area contributed by atoms with Gasteiger partial charge >= 0.3 is 6.61 Å². The van der Waals surface area contributed by atoms with Gasteiger partial charge in [-0.05, 0) is 59.7 Å². The number of halogens is 2. The fourth-order valence-corrected chi connectivity index (χ4v) is 7.41. The second kappa shape index (κ2) is 10.6. The van der Waals surface area contributed by atoms with Crippen LogP contribution in [0.2, 0.25) is 0 Å². The molecule has 5 aromatic rings. The number of aryl methyl sites for hydroxylation is 1. The molecule has 1 aliphatic carbocycles. The van der Waals surface area contributed by atoms with E-state index in [1.54, 1.807) is 36.0 Å². The van der Waals surface area contributed by atoms with E-state index in [4.69, 9.17) is 4.74 Å². The van der Waals surface area contributed by atoms with Crippen molar-refractivity contribution >= 4 is 9.84 Å². The topological polar surface area (TPSA) is 61.2 Å². The molecule has 208 valence electrons. The van der Waals surface area contributed by atoms with E-state index in [1.165, 1.54) is 0 Å². The zero-order chi connectivity index (χ0) is 28.6. The highest BCUT2D eigenvalue weighted by Gasteiger charge is 2.41. The highest BCUT2D eigenvalue weighted by Crippen LogP contribution is 2.44. The van der Waals surface area contributed by atoms with Crippen LogP contribution in [0.25, 0.3) is 11.1 Å². The van der Waals surface area contributed by atoms with Gasteiger partial charge in [0.2, 0.25) is 5.88 Å². The lowest BCUT2D eigenvalue weighted by atomic mass is 9.77. The summed E-state index contributed by atoms with van der Waals surface area (Å²) >= 11 is 0. The van der Waals surface area contributed by atoms with Crippen molar-refractivity contribution < 1.29 is 21.9 Å².